The molecule has 0 aromatic carbocycles. The largest absolute Gasteiger partial charge is 0.334 e. The van der Waals surface area contributed by atoms with Gasteiger partial charge in [0.05, 0.1) is 24.1 Å². The van der Waals surface area contributed by atoms with Crippen molar-refractivity contribution in [3.05, 3.63) is 47.6 Å². The minimum atomic E-state index is 0.511. The molecule has 0 N–H and O–H groups in total. The zero-order valence-electron chi connectivity index (χ0n) is 14.2. The summed E-state index contributed by atoms with van der Waals surface area (Å²) in [6.45, 7) is 7.19. The van der Waals surface area contributed by atoms with Crippen molar-refractivity contribution in [2.75, 3.05) is 0 Å². The highest BCUT2D eigenvalue weighted by atomic mass is 16.5. The van der Waals surface area contributed by atoms with Gasteiger partial charge in [-0.2, -0.15) is 4.98 Å². The molecule has 0 spiro atoms. The highest BCUT2D eigenvalue weighted by Crippen LogP contribution is 2.29. The Balaban J connectivity index is 1.57. The lowest BCUT2D eigenvalue weighted by Crippen LogP contribution is -2.22. The van der Waals surface area contributed by atoms with Crippen molar-refractivity contribution in [1.29, 1.82) is 0 Å². The average Bonchev–Trinajstić information content (AvgIpc) is 3.17. The van der Waals surface area contributed by atoms with Gasteiger partial charge in [-0.25, -0.2) is 4.98 Å². The number of pyridine rings is 1. The van der Waals surface area contributed by atoms with Crippen LogP contribution in [0, 0.1) is 18.8 Å². The van der Waals surface area contributed by atoms with E-state index in [1.807, 2.05) is 19.3 Å². The number of aromatic nitrogens is 5. The minimum Gasteiger partial charge on any atom is -0.334 e. The second-order valence-electron chi connectivity index (χ2n) is 6.90. The molecule has 124 valence electrons. The maximum atomic E-state index is 5.40. The lowest BCUT2D eigenvalue weighted by Gasteiger charge is -2.25. The van der Waals surface area contributed by atoms with Crippen LogP contribution in [0.25, 0.3) is 11.5 Å². The zero-order chi connectivity index (χ0) is 16.7. The molecule has 0 unspecified atom stereocenters. The molecule has 0 fully saturated rings. The Morgan fingerprint density at radius 3 is 2.88 bits per heavy atom. The predicted molar refractivity (Wildman–Crippen MR) is 89.3 cm³/mol. The molecule has 2 atom stereocenters. The van der Waals surface area contributed by atoms with Crippen molar-refractivity contribution in [3.8, 4) is 11.5 Å². The van der Waals surface area contributed by atoms with E-state index in [9.17, 15) is 0 Å². The maximum Gasteiger partial charge on any atom is 0.259 e. The fourth-order valence-electron chi connectivity index (χ4n) is 3.26. The number of rotatable bonds is 3. The molecule has 1 aliphatic carbocycles. The molecule has 0 saturated heterocycles. The van der Waals surface area contributed by atoms with Crippen LogP contribution in [0.3, 0.4) is 0 Å². The van der Waals surface area contributed by atoms with E-state index in [1.54, 1.807) is 12.4 Å². The second kappa shape index (κ2) is 5.85. The summed E-state index contributed by atoms with van der Waals surface area (Å²) in [5, 5.41) is 4.12. The van der Waals surface area contributed by atoms with Gasteiger partial charge in [-0.15, -0.1) is 0 Å². The van der Waals surface area contributed by atoms with Crippen LogP contribution < -0.4 is 0 Å². The Morgan fingerprint density at radius 1 is 1.21 bits per heavy atom. The van der Waals surface area contributed by atoms with Gasteiger partial charge in [0.1, 0.15) is 0 Å². The summed E-state index contributed by atoms with van der Waals surface area (Å²) < 4.78 is 7.56. The summed E-state index contributed by atoms with van der Waals surface area (Å²) in [5.74, 6) is 2.54. The van der Waals surface area contributed by atoms with E-state index in [2.05, 4.69) is 38.5 Å². The predicted octanol–water partition coefficient (Wildman–Crippen LogP) is 3.06. The molecule has 0 amide bonds. The van der Waals surface area contributed by atoms with Gasteiger partial charge in [-0.1, -0.05) is 19.0 Å². The van der Waals surface area contributed by atoms with Crippen LogP contribution in [0.15, 0.2) is 29.3 Å². The number of aryl methyl sites for hydroxylation is 1. The average molecular weight is 323 g/mol. The molecule has 0 radical (unpaired) electrons. The summed E-state index contributed by atoms with van der Waals surface area (Å²) in [5.41, 5.74) is 4.44. The number of fused-ring (bicyclic) bond motifs is 1. The van der Waals surface area contributed by atoms with Gasteiger partial charge in [0.2, 0.25) is 0 Å². The summed E-state index contributed by atoms with van der Waals surface area (Å²) in [4.78, 5) is 13.3. The van der Waals surface area contributed by atoms with Gasteiger partial charge in [0.25, 0.3) is 5.89 Å². The van der Waals surface area contributed by atoms with Crippen LogP contribution in [0.5, 0.6) is 0 Å². The van der Waals surface area contributed by atoms with Crippen LogP contribution in [0.4, 0.5) is 0 Å². The third-order valence-corrected chi connectivity index (χ3v) is 4.94. The first-order chi connectivity index (χ1) is 11.6. The van der Waals surface area contributed by atoms with Crippen molar-refractivity contribution >= 4 is 0 Å². The maximum absolute atomic E-state index is 5.40. The van der Waals surface area contributed by atoms with Crippen molar-refractivity contribution in [1.82, 2.24) is 24.7 Å². The van der Waals surface area contributed by atoms with Crippen molar-refractivity contribution in [2.24, 2.45) is 11.8 Å². The fourth-order valence-corrected chi connectivity index (χ4v) is 3.26. The van der Waals surface area contributed by atoms with Crippen molar-refractivity contribution in [3.63, 3.8) is 0 Å². The molecule has 0 bridgehead atoms. The van der Waals surface area contributed by atoms with Crippen LogP contribution in [0.1, 0.15) is 36.6 Å². The van der Waals surface area contributed by atoms with Crippen LogP contribution in [-0.4, -0.2) is 24.7 Å². The summed E-state index contributed by atoms with van der Waals surface area (Å²) in [6.07, 6.45) is 7.56. The Bertz CT molecular complexity index is 866. The quantitative estimate of drug-likeness (QED) is 0.741. The van der Waals surface area contributed by atoms with Gasteiger partial charge in [-0.3, -0.25) is 4.98 Å². The molecule has 1 aliphatic rings. The molecular weight excluding hydrogens is 302 g/mol. The molecule has 3 heterocycles. The Labute approximate surface area is 141 Å². The number of hydrogen-bond acceptors (Lipinski definition) is 5. The SMILES string of the molecule is Cc1cncc(-c2nc(Cn3cnc4c3C[C@H](C)[C@@H](C)C4)no2)c1. The van der Waals surface area contributed by atoms with Gasteiger partial charge in [0.15, 0.2) is 5.82 Å². The van der Waals surface area contributed by atoms with Crippen LogP contribution >= 0.6 is 0 Å². The second-order valence-corrected chi connectivity index (χ2v) is 6.90. The van der Waals surface area contributed by atoms with Crippen LogP contribution in [0.2, 0.25) is 0 Å². The molecule has 3 aromatic heterocycles. The lowest BCUT2D eigenvalue weighted by atomic mass is 9.82. The van der Waals surface area contributed by atoms with E-state index in [1.165, 1.54) is 11.4 Å². The Kier molecular flexibility index (Phi) is 3.67. The van der Waals surface area contributed by atoms with Gasteiger partial charge >= 0.3 is 0 Å². The molecule has 4 rings (SSSR count). The zero-order valence-corrected chi connectivity index (χ0v) is 14.2. The summed E-state index contributed by atoms with van der Waals surface area (Å²) >= 11 is 0. The third kappa shape index (κ3) is 2.72. The molecular formula is C18H21N5O. The van der Waals surface area contributed by atoms with E-state index < -0.39 is 0 Å². The fraction of sp³-hybridized carbons (Fsp3) is 0.444. The van der Waals surface area contributed by atoms with Gasteiger partial charge in [0, 0.05) is 18.1 Å². The Hall–Kier alpha value is -2.50. The lowest BCUT2D eigenvalue weighted by molar-refractivity contribution is 0.349. The molecule has 0 aliphatic heterocycles. The first kappa shape index (κ1) is 15.1. The molecule has 24 heavy (non-hydrogen) atoms. The third-order valence-electron chi connectivity index (χ3n) is 4.94. The first-order valence-corrected chi connectivity index (χ1v) is 8.37. The number of imidazole rings is 1. The van der Waals surface area contributed by atoms with Gasteiger partial charge in [-0.05, 0) is 43.2 Å². The van der Waals surface area contributed by atoms with E-state index in [4.69, 9.17) is 4.52 Å². The number of nitrogens with zero attached hydrogens (tertiary/aromatic N) is 5. The molecule has 0 saturated carbocycles. The van der Waals surface area contributed by atoms with E-state index in [0.717, 1.165) is 24.0 Å². The van der Waals surface area contributed by atoms with E-state index in [0.29, 0.717) is 30.1 Å². The topological polar surface area (TPSA) is 69.6 Å². The highest BCUT2D eigenvalue weighted by Gasteiger charge is 2.26. The van der Waals surface area contributed by atoms with Crippen molar-refractivity contribution < 1.29 is 4.52 Å². The van der Waals surface area contributed by atoms with Crippen molar-refractivity contribution in [2.45, 2.75) is 40.2 Å². The van der Waals surface area contributed by atoms with E-state index in [-0.39, 0.29) is 0 Å². The van der Waals surface area contributed by atoms with E-state index >= 15 is 0 Å². The Morgan fingerprint density at radius 2 is 2.04 bits per heavy atom. The summed E-state index contributed by atoms with van der Waals surface area (Å²) in [6, 6.07) is 1.99. The molecule has 3 aromatic rings. The first-order valence-electron chi connectivity index (χ1n) is 8.37. The minimum absolute atomic E-state index is 0.511. The highest BCUT2D eigenvalue weighted by molar-refractivity contribution is 5.51. The molecule has 6 heteroatoms. The van der Waals surface area contributed by atoms with Gasteiger partial charge < -0.3 is 9.09 Å². The number of hydrogen-bond donors (Lipinski definition) is 0. The summed E-state index contributed by atoms with van der Waals surface area (Å²) in [7, 11) is 0. The molecule has 6 nitrogen and oxygen atoms in total. The normalized spacial score (nSPS) is 20.1. The smallest absolute Gasteiger partial charge is 0.259 e. The monoisotopic (exact) mass is 323 g/mol. The van der Waals surface area contributed by atoms with Crippen LogP contribution in [-0.2, 0) is 19.4 Å². The standard InChI is InChI=1S/C18H21N5O/c1-11-4-14(8-19-7-11)18-21-17(22-24-18)9-23-10-20-15-5-12(2)13(3)6-16(15)23/h4,7-8,10,12-13H,5-6,9H2,1-3H3/t12-,13-/m0/s1.